The third-order valence-electron chi connectivity index (χ3n) is 6.14. The van der Waals surface area contributed by atoms with E-state index < -0.39 is 0 Å². The Labute approximate surface area is 142 Å². The highest BCUT2D eigenvalue weighted by molar-refractivity contribution is 7.07. The van der Waals surface area contributed by atoms with Gasteiger partial charge in [0.15, 0.2) is 5.96 Å². The van der Waals surface area contributed by atoms with Crippen molar-refractivity contribution in [1.82, 2.24) is 10.2 Å². The lowest BCUT2D eigenvalue weighted by Gasteiger charge is -2.57. The van der Waals surface area contributed by atoms with Crippen molar-refractivity contribution in [2.45, 2.75) is 50.8 Å². The van der Waals surface area contributed by atoms with Crippen LogP contribution in [-0.2, 0) is 11.3 Å². The highest BCUT2D eigenvalue weighted by Crippen LogP contribution is 2.60. The number of fused-ring (bicyclic) bond motifs is 2. The second-order valence-electron chi connectivity index (χ2n) is 7.34. The van der Waals surface area contributed by atoms with Crippen molar-refractivity contribution in [3.05, 3.63) is 22.4 Å². The molecule has 1 aliphatic heterocycles. The molecule has 5 heteroatoms. The quantitative estimate of drug-likeness (QED) is 0.682. The number of rotatable bonds is 3. The molecule has 0 amide bonds. The first-order chi connectivity index (χ1) is 11.2. The van der Waals surface area contributed by atoms with E-state index in [2.05, 4.69) is 39.1 Å². The number of nitrogens with one attached hydrogen (secondary N) is 1. The first kappa shape index (κ1) is 15.5. The van der Waals surface area contributed by atoms with Crippen LogP contribution in [0.15, 0.2) is 21.8 Å². The minimum Gasteiger partial charge on any atom is -0.377 e. The highest BCUT2D eigenvalue weighted by atomic mass is 32.1. The van der Waals surface area contributed by atoms with E-state index in [-0.39, 0.29) is 0 Å². The first-order valence-corrected chi connectivity index (χ1v) is 9.76. The zero-order valence-corrected chi connectivity index (χ0v) is 14.9. The van der Waals surface area contributed by atoms with Crippen molar-refractivity contribution < 1.29 is 4.74 Å². The maximum atomic E-state index is 6.09. The fourth-order valence-corrected chi connectivity index (χ4v) is 5.78. The zero-order chi connectivity index (χ0) is 15.9. The Bertz CT molecular complexity index is 565. The van der Waals surface area contributed by atoms with Gasteiger partial charge in [0.25, 0.3) is 0 Å². The summed E-state index contributed by atoms with van der Waals surface area (Å²) in [7, 11) is 4.03. The van der Waals surface area contributed by atoms with Crippen molar-refractivity contribution in [3.63, 3.8) is 0 Å². The van der Waals surface area contributed by atoms with E-state index in [4.69, 9.17) is 4.74 Å². The van der Waals surface area contributed by atoms with Gasteiger partial charge in [-0.15, -0.1) is 0 Å². The summed E-state index contributed by atoms with van der Waals surface area (Å²) in [6.07, 6.45) is 7.05. The highest BCUT2D eigenvalue weighted by Gasteiger charge is 2.65. The van der Waals surface area contributed by atoms with Crippen LogP contribution < -0.4 is 5.32 Å². The lowest BCUT2D eigenvalue weighted by molar-refractivity contribution is -0.125. The summed E-state index contributed by atoms with van der Waals surface area (Å²) in [6, 6.07) is 2.73. The molecule has 3 aliphatic rings. The molecule has 2 saturated carbocycles. The number of hydrogen-bond donors (Lipinski definition) is 1. The second kappa shape index (κ2) is 6.10. The molecule has 2 heterocycles. The molecule has 1 spiro atoms. The van der Waals surface area contributed by atoms with E-state index in [0.29, 0.717) is 23.5 Å². The summed E-state index contributed by atoms with van der Waals surface area (Å²) in [4.78, 5) is 6.80. The number of hydrogen-bond acceptors (Lipinski definition) is 3. The summed E-state index contributed by atoms with van der Waals surface area (Å²) in [6.45, 7) is 1.85. The van der Waals surface area contributed by atoms with Gasteiger partial charge in [0.05, 0.1) is 6.10 Å². The smallest absolute Gasteiger partial charge is 0.193 e. The maximum Gasteiger partial charge on any atom is 0.193 e. The molecule has 126 valence electrons. The van der Waals surface area contributed by atoms with Crippen molar-refractivity contribution in [2.75, 3.05) is 20.7 Å². The van der Waals surface area contributed by atoms with Gasteiger partial charge >= 0.3 is 0 Å². The van der Waals surface area contributed by atoms with Crippen molar-refractivity contribution >= 4 is 17.3 Å². The predicted molar refractivity (Wildman–Crippen MR) is 94.8 cm³/mol. The number of thiophene rings is 1. The van der Waals surface area contributed by atoms with Gasteiger partial charge in [0, 0.05) is 44.6 Å². The number of nitrogens with zero attached hydrogens (tertiary/aromatic N) is 2. The van der Waals surface area contributed by atoms with Crippen LogP contribution in [0.3, 0.4) is 0 Å². The zero-order valence-electron chi connectivity index (χ0n) is 14.1. The van der Waals surface area contributed by atoms with E-state index >= 15 is 0 Å². The molecule has 1 aromatic heterocycles. The van der Waals surface area contributed by atoms with Crippen LogP contribution in [0.1, 0.15) is 37.7 Å². The molecule has 1 saturated heterocycles. The van der Waals surface area contributed by atoms with E-state index in [0.717, 1.165) is 19.1 Å². The molecule has 3 fully saturated rings. The van der Waals surface area contributed by atoms with Gasteiger partial charge in [-0.3, -0.25) is 4.99 Å². The van der Waals surface area contributed by atoms with E-state index in [1.165, 1.54) is 37.7 Å². The first-order valence-electron chi connectivity index (χ1n) is 8.82. The fourth-order valence-electron chi connectivity index (χ4n) is 5.12. The second-order valence-corrected chi connectivity index (χ2v) is 8.12. The molecule has 3 atom stereocenters. The molecule has 1 N–H and O–H groups in total. The lowest BCUT2D eigenvalue weighted by Crippen LogP contribution is -2.69. The summed E-state index contributed by atoms with van der Waals surface area (Å²) in [5.74, 6) is 1.71. The minimum absolute atomic E-state index is 0.375. The van der Waals surface area contributed by atoms with Crippen molar-refractivity contribution in [3.8, 4) is 0 Å². The monoisotopic (exact) mass is 333 g/mol. The Morgan fingerprint density at radius 2 is 2.30 bits per heavy atom. The topological polar surface area (TPSA) is 36.9 Å². The molecule has 3 unspecified atom stereocenters. The number of ether oxygens (including phenoxy) is 1. The van der Waals surface area contributed by atoms with E-state index in [1.807, 2.05) is 7.05 Å². The molecule has 2 aliphatic carbocycles. The molecule has 4 nitrogen and oxygen atoms in total. The largest absolute Gasteiger partial charge is 0.377 e. The average molecular weight is 334 g/mol. The van der Waals surface area contributed by atoms with Crippen LogP contribution in [0, 0.1) is 11.3 Å². The number of guanidine groups is 1. The Kier molecular flexibility index (Phi) is 4.10. The molecule has 1 aromatic rings. The molecule has 0 bridgehead atoms. The van der Waals surface area contributed by atoms with Crippen LogP contribution in [0.2, 0.25) is 0 Å². The fraction of sp³-hybridized carbons (Fsp3) is 0.722. The van der Waals surface area contributed by atoms with Gasteiger partial charge < -0.3 is 15.0 Å². The van der Waals surface area contributed by atoms with Gasteiger partial charge in [-0.05, 0) is 41.7 Å². The SMILES string of the molecule is CN=C(NC1C2CCOC2C12CCCC2)N(C)Cc1ccsc1. The molecule has 0 aromatic carbocycles. The van der Waals surface area contributed by atoms with Crippen LogP contribution in [0.5, 0.6) is 0 Å². The van der Waals surface area contributed by atoms with E-state index in [1.54, 1.807) is 11.3 Å². The molecule has 0 radical (unpaired) electrons. The van der Waals surface area contributed by atoms with Gasteiger partial charge in [-0.1, -0.05) is 12.8 Å². The third kappa shape index (κ3) is 2.49. The van der Waals surface area contributed by atoms with Gasteiger partial charge in [0.1, 0.15) is 0 Å². The van der Waals surface area contributed by atoms with Gasteiger partial charge in [-0.25, -0.2) is 0 Å². The summed E-state index contributed by atoms with van der Waals surface area (Å²) in [5.41, 5.74) is 1.73. The standard InChI is InChI=1S/C18H27N3OS/c1-19-17(21(2)11-13-6-10-23-12-13)20-15-14-5-9-22-16(14)18(15)7-3-4-8-18/h6,10,12,14-16H,3-5,7-9,11H2,1-2H3,(H,19,20). The Morgan fingerprint density at radius 3 is 3.00 bits per heavy atom. The average Bonchev–Trinajstić information content (AvgIpc) is 3.28. The van der Waals surface area contributed by atoms with Gasteiger partial charge in [0.2, 0.25) is 0 Å². The summed E-state index contributed by atoms with van der Waals surface area (Å²) in [5, 5.41) is 8.17. The van der Waals surface area contributed by atoms with Crippen LogP contribution in [0.25, 0.3) is 0 Å². The van der Waals surface area contributed by atoms with Crippen LogP contribution >= 0.6 is 11.3 Å². The van der Waals surface area contributed by atoms with Crippen molar-refractivity contribution in [2.24, 2.45) is 16.3 Å². The lowest BCUT2D eigenvalue weighted by atomic mass is 9.54. The summed E-state index contributed by atoms with van der Waals surface area (Å²) < 4.78 is 6.09. The van der Waals surface area contributed by atoms with Crippen molar-refractivity contribution in [1.29, 1.82) is 0 Å². The molecular formula is C18H27N3OS. The third-order valence-corrected chi connectivity index (χ3v) is 6.88. The Balaban J connectivity index is 1.47. The molecule has 23 heavy (non-hydrogen) atoms. The molecular weight excluding hydrogens is 306 g/mol. The van der Waals surface area contributed by atoms with E-state index in [9.17, 15) is 0 Å². The van der Waals surface area contributed by atoms with Crippen LogP contribution in [0.4, 0.5) is 0 Å². The Hall–Kier alpha value is -1.07. The summed E-state index contributed by atoms with van der Waals surface area (Å²) >= 11 is 1.75. The van der Waals surface area contributed by atoms with Crippen LogP contribution in [-0.4, -0.2) is 43.7 Å². The maximum absolute atomic E-state index is 6.09. The predicted octanol–water partition coefficient (Wildman–Crippen LogP) is 3.10. The number of aliphatic imine (C=N–C) groups is 1. The Morgan fingerprint density at radius 1 is 1.48 bits per heavy atom. The molecule has 4 rings (SSSR count). The minimum atomic E-state index is 0.375. The normalized spacial score (nSPS) is 31.9. The van der Waals surface area contributed by atoms with Gasteiger partial charge in [-0.2, -0.15) is 11.3 Å².